The van der Waals surface area contributed by atoms with Crippen molar-refractivity contribution in [3.05, 3.63) is 51.9 Å². The number of aryl methyl sites for hydroxylation is 1. The van der Waals surface area contributed by atoms with Crippen molar-refractivity contribution in [2.24, 2.45) is 5.92 Å². The molecule has 1 aromatic carbocycles. The maximum atomic E-state index is 10.4. The fraction of sp³-hybridized carbons (Fsp3) is 0.471. The lowest BCUT2D eigenvalue weighted by atomic mass is 9.94. The van der Waals surface area contributed by atoms with Gasteiger partial charge in [-0.1, -0.05) is 49.7 Å². The molecule has 0 aliphatic rings. The Morgan fingerprint density at radius 1 is 1.23 bits per heavy atom. The molecule has 0 spiro atoms. The van der Waals surface area contributed by atoms with E-state index in [1.54, 1.807) is 12.1 Å². The van der Waals surface area contributed by atoms with E-state index in [9.17, 15) is 5.11 Å². The first kappa shape index (κ1) is 17.3. The molecule has 2 atom stereocenters. The van der Waals surface area contributed by atoms with Crippen LogP contribution in [0.2, 0.25) is 5.02 Å². The van der Waals surface area contributed by atoms with Crippen LogP contribution >= 0.6 is 23.2 Å². The molecule has 0 fully saturated rings. The second-order valence-electron chi connectivity index (χ2n) is 5.76. The largest absolute Gasteiger partial charge is 0.386 e. The second-order valence-corrected chi connectivity index (χ2v) is 6.63. The summed E-state index contributed by atoms with van der Waals surface area (Å²) in [5.74, 6) is 0.777. The third-order valence-electron chi connectivity index (χ3n) is 3.64. The molecule has 2 aromatic rings. The Hall–Kier alpha value is -1.03. The molecule has 1 heterocycles. The molecule has 0 radical (unpaired) electrons. The summed E-state index contributed by atoms with van der Waals surface area (Å²) in [4.78, 5) is 0. The molecular weight excluding hydrogens is 321 g/mol. The summed E-state index contributed by atoms with van der Waals surface area (Å²) in [6, 6.07) is 7.37. The third-order valence-corrected chi connectivity index (χ3v) is 4.36. The molecule has 0 aliphatic carbocycles. The Labute approximate surface area is 141 Å². The molecule has 1 aromatic heterocycles. The molecule has 0 saturated carbocycles. The van der Waals surface area contributed by atoms with Gasteiger partial charge in [-0.15, -0.1) is 11.6 Å². The van der Waals surface area contributed by atoms with Crippen molar-refractivity contribution < 1.29 is 9.63 Å². The molecule has 0 amide bonds. The van der Waals surface area contributed by atoms with Crippen molar-refractivity contribution >= 4 is 23.2 Å². The highest BCUT2D eigenvalue weighted by Crippen LogP contribution is 2.38. The van der Waals surface area contributed by atoms with E-state index in [-0.39, 0.29) is 5.92 Å². The number of hydrogen-bond donors (Lipinski definition) is 1. The van der Waals surface area contributed by atoms with Crippen molar-refractivity contribution in [1.82, 2.24) is 5.16 Å². The number of aromatic nitrogens is 1. The predicted octanol–water partition coefficient (Wildman–Crippen LogP) is 5.30. The summed E-state index contributed by atoms with van der Waals surface area (Å²) in [5, 5.41) is 14.7. The number of rotatable bonds is 6. The van der Waals surface area contributed by atoms with Crippen LogP contribution in [0.5, 0.6) is 0 Å². The minimum Gasteiger partial charge on any atom is -0.386 e. The van der Waals surface area contributed by atoms with E-state index in [0.29, 0.717) is 10.7 Å². The van der Waals surface area contributed by atoms with E-state index in [4.69, 9.17) is 27.7 Å². The van der Waals surface area contributed by atoms with Crippen LogP contribution in [0.3, 0.4) is 0 Å². The number of benzene rings is 1. The van der Waals surface area contributed by atoms with Crippen LogP contribution in [0.4, 0.5) is 0 Å². The monoisotopic (exact) mass is 341 g/mol. The Bertz CT molecular complexity index is 608. The van der Waals surface area contributed by atoms with Gasteiger partial charge in [0.2, 0.25) is 0 Å². The van der Waals surface area contributed by atoms with Gasteiger partial charge < -0.3 is 9.63 Å². The van der Waals surface area contributed by atoms with E-state index >= 15 is 0 Å². The summed E-state index contributed by atoms with van der Waals surface area (Å²) in [7, 11) is 0. The molecular formula is C17H21Cl2NO2. The molecule has 5 heteroatoms. The first-order chi connectivity index (χ1) is 10.5. The topological polar surface area (TPSA) is 46.3 Å². The van der Waals surface area contributed by atoms with Gasteiger partial charge in [0.25, 0.3) is 0 Å². The van der Waals surface area contributed by atoms with Gasteiger partial charge in [-0.05, 0) is 30.0 Å². The highest BCUT2D eigenvalue weighted by atomic mass is 35.5. The lowest BCUT2D eigenvalue weighted by Crippen LogP contribution is -2.10. The quantitative estimate of drug-likeness (QED) is 0.725. The Balaban J connectivity index is 2.45. The van der Waals surface area contributed by atoms with Crippen LogP contribution in [0.15, 0.2) is 28.8 Å². The number of hydrogen-bond acceptors (Lipinski definition) is 3. The van der Waals surface area contributed by atoms with Crippen molar-refractivity contribution in [3.63, 3.8) is 0 Å². The van der Waals surface area contributed by atoms with Gasteiger partial charge in [0, 0.05) is 17.0 Å². The summed E-state index contributed by atoms with van der Waals surface area (Å²) >= 11 is 12.6. The Morgan fingerprint density at radius 3 is 2.41 bits per heavy atom. The Kier molecular flexibility index (Phi) is 5.90. The maximum Gasteiger partial charge on any atom is 0.142 e. The smallest absolute Gasteiger partial charge is 0.142 e. The zero-order valence-electron chi connectivity index (χ0n) is 13.0. The third kappa shape index (κ3) is 3.65. The lowest BCUT2D eigenvalue weighted by Gasteiger charge is -2.17. The van der Waals surface area contributed by atoms with Crippen LogP contribution in [0.1, 0.15) is 61.3 Å². The zero-order chi connectivity index (χ0) is 16.3. The first-order valence-electron chi connectivity index (χ1n) is 7.51. The van der Waals surface area contributed by atoms with E-state index in [1.165, 1.54) is 0 Å². The van der Waals surface area contributed by atoms with Crippen molar-refractivity contribution in [3.8, 4) is 0 Å². The second kappa shape index (κ2) is 7.49. The van der Waals surface area contributed by atoms with Crippen LogP contribution in [0, 0.1) is 5.92 Å². The van der Waals surface area contributed by atoms with Gasteiger partial charge in [0.1, 0.15) is 17.6 Å². The fourth-order valence-electron chi connectivity index (χ4n) is 2.35. The van der Waals surface area contributed by atoms with Gasteiger partial charge in [-0.3, -0.25) is 0 Å². The average molecular weight is 342 g/mol. The number of halogens is 2. The normalized spacial score (nSPS) is 14.3. The molecule has 0 aliphatic heterocycles. The first-order valence-corrected chi connectivity index (χ1v) is 8.33. The zero-order valence-corrected chi connectivity index (χ0v) is 14.5. The average Bonchev–Trinajstić information content (AvgIpc) is 2.90. The fourth-order valence-corrected chi connectivity index (χ4v) is 2.86. The molecule has 0 saturated heterocycles. The number of aliphatic hydroxyl groups is 1. The Morgan fingerprint density at radius 2 is 1.86 bits per heavy atom. The van der Waals surface area contributed by atoms with Crippen LogP contribution in [-0.4, -0.2) is 10.3 Å². The molecule has 22 heavy (non-hydrogen) atoms. The highest BCUT2D eigenvalue weighted by molar-refractivity contribution is 6.30. The molecule has 1 N–H and O–H groups in total. The van der Waals surface area contributed by atoms with Crippen molar-refractivity contribution in [1.29, 1.82) is 0 Å². The SMILES string of the molecule is CCCc1onc(C(O)C(C)C)c1C(Cl)c1ccc(Cl)cc1. The molecule has 0 bridgehead atoms. The minimum absolute atomic E-state index is 0.0346. The molecule has 2 unspecified atom stereocenters. The lowest BCUT2D eigenvalue weighted by molar-refractivity contribution is 0.117. The van der Waals surface area contributed by atoms with Gasteiger partial charge in [0.15, 0.2) is 0 Å². The van der Waals surface area contributed by atoms with Crippen LogP contribution in [0.25, 0.3) is 0 Å². The van der Waals surface area contributed by atoms with Crippen LogP contribution in [-0.2, 0) is 6.42 Å². The number of alkyl halides is 1. The minimum atomic E-state index is -0.696. The predicted molar refractivity (Wildman–Crippen MR) is 89.4 cm³/mol. The number of nitrogens with zero attached hydrogens (tertiary/aromatic N) is 1. The van der Waals surface area contributed by atoms with Gasteiger partial charge in [0.05, 0.1) is 5.38 Å². The van der Waals surface area contributed by atoms with Crippen molar-refractivity contribution in [2.75, 3.05) is 0 Å². The van der Waals surface area contributed by atoms with Crippen molar-refractivity contribution in [2.45, 2.75) is 45.1 Å². The van der Waals surface area contributed by atoms with Crippen LogP contribution < -0.4 is 0 Å². The van der Waals surface area contributed by atoms with E-state index in [2.05, 4.69) is 12.1 Å². The molecule has 3 nitrogen and oxygen atoms in total. The van der Waals surface area contributed by atoms with E-state index in [0.717, 1.165) is 29.7 Å². The van der Waals surface area contributed by atoms with E-state index in [1.807, 2.05) is 26.0 Å². The van der Waals surface area contributed by atoms with E-state index < -0.39 is 11.5 Å². The summed E-state index contributed by atoms with van der Waals surface area (Å²) in [6.45, 7) is 5.94. The summed E-state index contributed by atoms with van der Waals surface area (Å²) in [5.41, 5.74) is 2.23. The maximum absolute atomic E-state index is 10.4. The molecule has 120 valence electrons. The summed E-state index contributed by atoms with van der Waals surface area (Å²) < 4.78 is 5.45. The summed E-state index contributed by atoms with van der Waals surface area (Å²) in [6.07, 6.45) is 0.964. The van der Waals surface area contributed by atoms with Gasteiger partial charge in [-0.25, -0.2) is 0 Å². The number of aliphatic hydroxyl groups excluding tert-OH is 1. The van der Waals surface area contributed by atoms with Gasteiger partial charge >= 0.3 is 0 Å². The van der Waals surface area contributed by atoms with Gasteiger partial charge in [-0.2, -0.15) is 0 Å². The highest BCUT2D eigenvalue weighted by Gasteiger charge is 2.29. The standard InChI is InChI=1S/C17H21Cl2NO2/c1-4-5-13-14(16(20-22-13)17(21)10(2)3)15(19)11-6-8-12(18)9-7-11/h6-10,15,17,21H,4-5H2,1-3H3. The molecule has 2 rings (SSSR count).